The Morgan fingerprint density at radius 2 is 0.758 bits per heavy atom. The molecule has 0 aliphatic rings. The Hall–Kier alpha value is -14.4. The highest BCUT2D eigenvalue weighted by atomic mass is 19.2. The molecule has 0 spiro atoms. The predicted molar refractivity (Wildman–Crippen MR) is 450 cm³/mol. The summed E-state index contributed by atoms with van der Waals surface area (Å²) in [4.78, 5) is 111. The number of anilines is 11. The Kier molecular flexibility index (Phi) is 29.0. The average molecular weight is 1650 g/mol. The number of hydrogen-bond donors (Lipinski definition) is 6. The van der Waals surface area contributed by atoms with Gasteiger partial charge >= 0.3 is 0 Å². The second-order valence-corrected chi connectivity index (χ2v) is 27.8. The van der Waals surface area contributed by atoms with E-state index in [9.17, 15) is 55.1 Å². The van der Waals surface area contributed by atoms with Gasteiger partial charge in [-0.3, -0.25) is 42.5 Å². The summed E-state index contributed by atoms with van der Waals surface area (Å²) in [5.41, 5.74) is 3.93. The minimum absolute atomic E-state index is 0.0415. The molecule has 6 N–H and O–H groups in total. The van der Waals surface area contributed by atoms with Gasteiger partial charge in [0.25, 0.3) is 16.7 Å². The lowest BCUT2D eigenvalue weighted by atomic mass is 10.1. The SMILES string of the molecule is C=CC(=O)Nc1cc(Nc2ncc3cc(Oc4ccc(F)cc4F)c(=O)n(C)c3n2)cc(F)c1N(C)CCN(C)C.C=CC(=O)Nc1cc(Nc2ncc3cc(Oc4ccc(F)cc4F)c(=O)n(C)c3n2)ccc1CCCN(C)C.C=CC(=O)Nc1cc(Nc2ncc3cc(Oc4ccc(F)cc4F)c(=O)n(C)c3n2)ccc1N(C)CCN(C)C. The number of benzene rings is 6. The molecule has 0 fully saturated rings. The van der Waals surface area contributed by atoms with Crippen molar-refractivity contribution >= 4 is 114 Å². The molecule has 120 heavy (non-hydrogen) atoms. The molecule has 12 aromatic rings. The van der Waals surface area contributed by atoms with Crippen LogP contribution in [0.25, 0.3) is 33.1 Å². The lowest BCUT2D eigenvalue weighted by molar-refractivity contribution is -0.112. The maximum Gasteiger partial charge on any atom is 0.294 e. The molecule has 624 valence electrons. The number of aromatic nitrogens is 9. The van der Waals surface area contributed by atoms with Crippen molar-refractivity contribution in [2.75, 3.05) is 131 Å². The number of rotatable bonds is 30. The van der Waals surface area contributed by atoms with Gasteiger partial charge in [0, 0.05) is 137 Å². The number of pyridine rings is 3. The highest BCUT2D eigenvalue weighted by Gasteiger charge is 2.23. The first kappa shape index (κ1) is 88.0. The number of carbonyl (C=O) groups is 3. The quantitative estimate of drug-likeness (QED) is 0.0180. The van der Waals surface area contributed by atoms with E-state index in [-0.39, 0.29) is 86.9 Å². The van der Waals surface area contributed by atoms with E-state index in [0.29, 0.717) is 81.5 Å². The number of fused-ring (bicyclic) bond motifs is 3. The van der Waals surface area contributed by atoms with Crippen LogP contribution in [0.15, 0.2) is 192 Å². The van der Waals surface area contributed by atoms with Crippen molar-refractivity contribution < 1.29 is 59.3 Å². The average Bonchev–Trinajstić information content (AvgIpc) is 0.869. The lowest BCUT2D eigenvalue weighted by Crippen LogP contribution is -2.30. The standard InChI is InChI=1S/C28H28F3N7O3.C28H29F2N7O3.C28H28F2N6O3/c1-6-24(39)34-21-14-18(13-20(31)25(21)37(4)10-9-36(2)3)33-28-32-15-16-11-23(27(40)38(5)26(16)35-28)41-22-8-7-17(29)12-19(22)30;1-6-25(38)33-21-15-19(8-9-22(21)36(4)12-11-35(2)3)32-28-31-16-17-13-24(27(39)37(5)26(17)34-28)40-23-10-7-18(29)14-20(23)30;1-5-25(37)33-22-15-20(10-8-17(22)7-6-12-35(2)3)32-28-31-16-18-13-24(27(38)36(4)26(18)34-28)39-23-11-9-19(29)14-21(23)30/h6-8,11-15H,1,9-10H2,2-5H3,(H,34,39)(H,32,33,35);6-10,13-16H,1,11-12H2,2-5H3,(H,33,38)(H,31,32,34);5,8-11,13-16H,1,6-7,12H2,2-4H3,(H,33,37)(H,31,32,34). The molecule has 12 rings (SSSR count). The molecule has 3 amide bonds. The largest absolute Gasteiger partial charge is 0.448 e. The van der Waals surface area contributed by atoms with E-state index in [4.69, 9.17) is 14.2 Å². The number of halogens is 7. The lowest BCUT2D eigenvalue weighted by Gasteiger charge is -2.25. The zero-order chi connectivity index (χ0) is 86.9. The van der Waals surface area contributed by atoms with Gasteiger partial charge in [-0.2, -0.15) is 15.0 Å². The molecule has 0 saturated carbocycles. The van der Waals surface area contributed by atoms with E-state index in [2.05, 4.69) is 91.3 Å². The van der Waals surface area contributed by atoms with Crippen molar-refractivity contribution in [3.05, 3.63) is 255 Å². The number of likely N-dealkylation sites (N-methyl/N-ethyl adjacent to an activating group) is 4. The number of ether oxygens (including phenoxy) is 3. The maximum absolute atomic E-state index is 15.4. The fourth-order valence-electron chi connectivity index (χ4n) is 11.7. The maximum atomic E-state index is 15.4. The third-order valence-corrected chi connectivity index (χ3v) is 18.0. The van der Waals surface area contributed by atoms with E-state index in [1.165, 1.54) is 95.9 Å². The number of amides is 3. The normalized spacial score (nSPS) is 11.0. The summed E-state index contributed by atoms with van der Waals surface area (Å²) in [7, 11) is 19.9. The van der Waals surface area contributed by atoms with E-state index in [0.717, 1.165) is 86.2 Å². The smallest absolute Gasteiger partial charge is 0.294 e. The zero-order valence-electron chi connectivity index (χ0n) is 67.2. The Morgan fingerprint density at radius 1 is 0.400 bits per heavy atom. The number of nitrogens with one attached hydrogen (secondary N) is 6. The van der Waals surface area contributed by atoms with Crippen molar-refractivity contribution in [3.63, 3.8) is 0 Å². The first-order valence-corrected chi connectivity index (χ1v) is 36.7. The van der Waals surface area contributed by atoms with Gasteiger partial charge in [-0.1, -0.05) is 25.8 Å². The fraction of sp³-hybridized carbons (Fsp3) is 0.214. The molecule has 0 aliphatic heterocycles. The molecular formula is C84H85F7N20O9. The van der Waals surface area contributed by atoms with E-state index in [1.807, 2.05) is 83.4 Å². The van der Waals surface area contributed by atoms with E-state index < -0.39 is 63.3 Å². The number of carbonyl (C=O) groups excluding carboxylic acids is 3. The zero-order valence-corrected chi connectivity index (χ0v) is 67.2. The monoisotopic (exact) mass is 1650 g/mol. The van der Waals surface area contributed by atoms with Crippen molar-refractivity contribution in [2.24, 2.45) is 21.1 Å². The van der Waals surface area contributed by atoms with Crippen LogP contribution in [0.1, 0.15) is 12.0 Å². The topological polar surface area (TPSA) is 311 Å². The fourth-order valence-corrected chi connectivity index (χ4v) is 11.7. The number of aryl methyl sites for hydroxylation is 4. The number of nitrogens with zero attached hydrogens (tertiary/aromatic N) is 14. The summed E-state index contributed by atoms with van der Waals surface area (Å²) in [5, 5.41) is 18.7. The first-order valence-electron chi connectivity index (χ1n) is 36.7. The minimum atomic E-state index is -0.964. The summed E-state index contributed by atoms with van der Waals surface area (Å²) in [6, 6.07) is 26.3. The van der Waals surface area contributed by atoms with Gasteiger partial charge in [0.1, 0.15) is 34.4 Å². The Morgan fingerprint density at radius 3 is 1.15 bits per heavy atom. The third kappa shape index (κ3) is 22.6. The number of hydrogen-bond acceptors (Lipinski definition) is 23. The van der Waals surface area contributed by atoms with Gasteiger partial charge in [-0.25, -0.2) is 45.7 Å². The van der Waals surface area contributed by atoms with Gasteiger partial charge in [0.2, 0.25) is 35.6 Å². The van der Waals surface area contributed by atoms with E-state index >= 15 is 4.39 Å². The Bertz CT molecular complexity index is 6090. The summed E-state index contributed by atoms with van der Waals surface area (Å²) >= 11 is 0. The summed E-state index contributed by atoms with van der Waals surface area (Å²) in [5.74, 6) is -7.87. The molecule has 6 heterocycles. The van der Waals surface area contributed by atoms with Gasteiger partial charge in [0.05, 0.1) is 22.7 Å². The van der Waals surface area contributed by atoms with Crippen LogP contribution in [0.3, 0.4) is 0 Å². The van der Waals surface area contributed by atoms with Crippen LogP contribution in [-0.2, 0) is 41.9 Å². The highest BCUT2D eigenvalue weighted by molar-refractivity contribution is 6.03. The van der Waals surface area contributed by atoms with Crippen LogP contribution in [0.4, 0.5) is 94.1 Å². The van der Waals surface area contributed by atoms with E-state index in [1.54, 1.807) is 24.1 Å². The van der Waals surface area contributed by atoms with Gasteiger partial charge in [0.15, 0.2) is 57.8 Å². The second kappa shape index (κ2) is 39.5. The van der Waals surface area contributed by atoms with Crippen LogP contribution in [0, 0.1) is 40.7 Å². The van der Waals surface area contributed by atoms with Crippen LogP contribution in [0.5, 0.6) is 34.5 Å². The van der Waals surface area contributed by atoms with Crippen molar-refractivity contribution in [1.82, 2.24) is 58.3 Å². The minimum Gasteiger partial charge on any atom is -0.448 e. The molecule has 0 aliphatic carbocycles. The summed E-state index contributed by atoms with van der Waals surface area (Å²) in [6.07, 6.45) is 9.55. The molecule has 29 nitrogen and oxygen atoms in total. The predicted octanol–water partition coefficient (Wildman–Crippen LogP) is 13.4. The first-order chi connectivity index (χ1) is 57.1. The van der Waals surface area contributed by atoms with Gasteiger partial charge in [-0.15, -0.1) is 0 Å². The molecule has 6 aromatic carbocycles. The van der Waals surface area contributed by atoms with Gasteiger partial charge < -0.3 is 70.6 Å². The molecular weight excluding hydrogens is 1570 g/mol. The molecule has 6 aromatic heterocycles. The van der Waals surface area contributed by atoms with Gasteiger partial charge in [-0.05, 0) is 183 Å². The molecule has 0 atom stereocenters. The van der Waals surface area contributed by atoms with Crippen LogP contribution in [-0.4, -0.2) is 165 Å². The molecule has 0 bridgehead atoms. The van der Waals surface area contributed by atoms with Crippen molar-refractivity contribution in [1.29, 1.82) is 0 Å². The van der Waals surface area contributed by atoms with Crippen LogP contribution in [0.2, 0.25) is 0 Å². The molecule has 0 unspecified atom stereocenters. The summed E-state index contributed by atoms with van der Waals surface area (Å²) < 4.78 is 117. The molecule has 0 radical (unpaired) electrons. The molecule has 0 saturated heterocycles. The van der Waals surface area contributed by atoms with Crippen LogP contribution >= 0.6 is 0 Å². The Balaban J connectivity index is 0.000000189. The van der Waals surface area contributed by atoms with Crippen LogP contribution < -0.4 is 72.6 Å². The third-order valence-electron chi connectivity index (χ3n) is 18.0. The summed E-state index contributed by atoms with van der Waals surface area (Å²) in [6.45, 7) is 14.1. The molecule has 36 heteroatoms. The van der Waals surface area contributed by atoms with Crippen molar-refractivity contribution in [2.45, 2.75) is 12.8 Å². The highest BCUT2D eigenvalue weighted by Crippen LogP contribution is 2.36. The van der Waals surface area contributed by atoms with Crippen molar-refractivity contribution in [3.8, 4) is 34.5 Å². The Labute approximate surface area is 683 Å². The second-order valence-electron chi connectivity index (χ2n) is 27.8.